The van der Waals surface area contributed by atoms with Crippen molar-refractivity contribution in [3.8, 4) is 0 Å². The van der Waals surface area contributed by atoms with Crippen molar-refractivity contribution in [3.05, 3.63) is 52.2 Å². The van der Waals surface area contributed by atoms with Crippen molar-refractivity contribution < 1.29 is 4.79 Å². The van der Waals surface area contributed by atoms with E-state index in [2.05, 4.69) is 15.3 Å². The summed E-state index contributed by atoms with van der Waals surface area (Å²) < 4.78 is 0. The molecule has 1 heterocycles. The summed E-state index contributed by atoms with van der Waals surface area (Å²) in [7, 11) is 0. The minimum atomic E-state index is -0.390. The van der Waals surface area contributed by atoms with E-state index in [1.54, 1.807) is 0 Å². The van der Waals surface area contributed by atoms with Crippen LogP contribution in [-0.4, -0.2) is 22.4 Å². The molecule has 94 valence electrons. The normalized spacial score (nSPS) is 10.2. The van der Waals surface area contributed by atoms with Gasteiger partial charge in [0.25, 0.3) is 5.91 Å². The molecule has 0 bridgehead atoms. The summed E-state index contributed by atoms with van der Waals surface area (Å²) in [4.78, 5) is 27.2. The van der Waals surface area contributed by atoms with Gasteiger partial charge in [-0.2, -0.15) is 0 Å². The number of benzene rings is 1. The Morgan fingerprint density at radius 3 is 2.61 bits per heavy atom. The predicted octanol–water partition coefficient (Wildman–Crippen LogP) is 0.258. The summed E-state index contributed by atoms with van der Waals surface area (Å²) in [5.74, 6) is -0.302. The molecule has 18 heavy (non-hydrogen) atoms. The molecule has 6 heteroatoms. The third kappa shape index (κ3) is 3.00. The third-order valence-corrected chi connectivity index (χ3v) is 2.52. The molecule has 2 aromatic rings. The number of nitrogens with two attached hydrogens (primary N) is 1. The lowest BCUT2D eigenvalue weighted by Crippen LogP contribution is -2.26. The van der Waals surface area contributed by atoms with Gasteiger partial charge in [0, 0.05) is 18.4 Å². The molecule has 0 saturated carbocycles. The van der Waals surface area contributed by atoms with E-state index in [1.807, 2.05) is 24.3 Å². The molecule has 1 aromatic heterocycles. The number of aromatic amines is 2. The lowest BCUT2D eigenvalue weighted by Gasteiger charge is -2.04. The fourth-order valence-corrected chi connectivity index (χ4v) is 1.55. The minimum Gasteiger partial charge on any atom is -0.399 e. The Morgan fingerprint density at radius 2 is 2.00 bits per heavy atom. The van der Waals surface area contributed by atoms with Gasteiger partial charge in [-0.1, -0.05) is 12.1 Å². The quantitative estimate of drug-likeness (QED) is 0.581. The Balaban J connectivity index is 1.83. The van der Waals surface area contributed by atoms with E-state index < -0.39 is 5.69 Å². The van der Waals surface area contributed by atoms with Gasteiger partial charge in [-0.05, 0) is 24.1 Å². The largest absolute Gasteiger partial charge is 0.399 e. The Kier molecular flexibility index (Phi) is 3.47. The second kappa shape index (κ2) is 5.22. The maximum atomic E-state index is 11.6. The van der Waals surface area contributed by atoms with Crippen molar-refractivity contribution in [1.29, 1.82) is 0 Å². The van der Waals surface area contributed by atoms with Crippen LogP contribution in [0.3, 0.4) is 0 Å². The van der Waals surface area contributed by atoms with Gasteiger partial charge in [0.05, 0.1) is 0 Å². The van der Waals surface area contributed by atoms with E-state index in [1.165, 1.54) is 6.20 Å². The van der Waals surface area contributed by atoms with Gasteiger partial charge in [-0.15, -0.1) is 0 Å². The molecule has 0 unspecified atom stereocenters. The molecule has 0 fully saturated rings. The molecule has 0 atom stereocenters. The molecule has 1 amide bonds. The number of nitrogens with one attached hydrogen (secondary N) is 3. The Morgan fingerprint density at radius 1 is 1.28 bits per heavy atom. The van der Waals surface area contributed by atoms with Crippen LogP contribution in [0, 0.1) is 0 Å². The minimum absolute atomic E-state index is 0.234. The summed E-state index contributed by atoms with van der Waals surface area (Å²) in [5, 5.41) is 2.72. The van der Waals surface area contributed by atoms with Crippen LogP contribution >= 0.6 is 0 Å². The van der Waals surface area contributed by atoms with Crippen LogP contribution in [-0.2, 0) is 6.42 Å². The summed E-state index contributed by atoms with van der Waals surface area (Å²) in [6, 6.07) is 7.47. The molecule has 6 nitrogen and oxygen atoms in total. The van der Waals surface area contributed by atoms with Crippen molar-refractivity contribution >= 4 is 11.6 Å². The number of hydrogen-bond acceptors (Lipinski definition) is 3. The zero-order valence-corrected chi connectivity index (χ0v) is 9.69. The fraction of sp³-hybridized carbons (Fsp3) is 0.167. The van der Waals surface area contributed by atoms with Gasteiger partial charge in [-0.3, -0.25) is 4.79 Å². The predicted molar refractivity (Wildman–Crippen MR) is 68.3 cm³/mol. The Labute approximate surface area is 103 Å². The lowest BCUT2D eigenvalue weighted by molar-refractivity contribution is 0.0949. The Hall–Kier alpha value is -2.50. The third-order valence-electron chi connectivity index (χ3n) is 2.52. The zero-order chi connectivity index (χ0) is 13.0. The number of H-pyrrole nitrogens is 2. The molecule has 0 aliphatic rings. The first-order valence-electron chi connectivity index (χ1n) is 5.55. The molecular formula is C12H14N4O2. The van der Waals surface area contributed by atoms with Gasteiger partial charge >= 0.3 is 5.69 Å². The first kappa shape index (κ1) is 12.0. The Bertz CT molecular complexity index is 583. The van der Waals surface area contributed by atoms with Crippen molar-refractivity contribution in [3.63, 3.8) is 0 Å². The van der Waals surface area contributed by atoms with E-state index >= 15 is 0 Å². The molecule has 0 radical (unpaired) electrons. The van der Waals surface area contributed by atoms with Crippen molar-refractivity contribution in [2.45, 2.75) is 6.42 Å². The van der Waals surface area contributed by atoms with Crippen LogP contribution in [0.2, 0.25) is 0 Å². The molecule has 5 N–H and O–H groups in total. The van der Waals surface area contributed by atoms with E-state index in [4.69, 9.17) is 5.73 Å². The van der Waals surface area contributed by atoms with Gasteiger partial charge in [0.1, 0.15) is 5.69 Å². The number of carbonyl (C=O) groups excluding carboxylic acids is 1. The van der Waals surface area contributed by atoms with E-state index in [0.717, 1.165) is 5.56 Å². The number of aromatic nitrogens is 2. The number of amides is 1. The van der Waals surface area contributed by atoms with Crippen molar-refractivity contribution in [1.82, 2.24) is 15.3 Å². The highest BCUT2D eigenvalue weighted by Gasteiger charge is 2.06. The number of imidazole rings is 1. The molecular weight excluding hydrogens is 232 g/mol. The molecule has 0 aliphatic heterocycles. The van der Waals surface area contributed by atoms with Crippen LogP contribution in [0.15, 0.2) is 35.3 Å². The molecule has 0 saturated heterocycles. The van der Waals surface area contributed by atoms with Crippen molar-refractivity contribution in [2.24, 2.45) is 0 Å². The summed E-state index contributed by atoms with van der Waals surface area (Å²) >= 11 is 0. The number of hydrogen-bond donors (Lipinski definition) is 4. The fourth-order valence-electron chi connectivity index (χ4n) is 1.55. The van der Waals surface area contributed by atoms with Crippen molar-refractivity contribution in [2.75, 3.05) is 12.3 Å². The van der Waals surface area contributed by atoms with Gasteiger partial charge in [-0.25, -0.2) is 4.79 Å². The van der Waals surface area contributed by atoms with E-state index in [9.17, 15) is 9.59 Å². The molecule has 1 aromatic carbocycles. The molecule has 0 aliphatic carbocycles. The van der Waals surface area contributed by atoms with Crippen LogP contribution in [0.1, 0.15) is 16.1 Å². The first-order valence-corrected chi connectivity index (χ1v) is 5.55. The zero-order valence-electron chi connectivity index (χ0n) is 9.69. The van der Waals surface area contributed by atoms with Crippen LogP contribution in [0.25, 0.3) is 0 Å². The lowest BCUT2D eigenvalue weighted by atomic mass is 10.1. The van der Waals surface area contributed by atoms with Gasteiger partial charge in [0.2, 0.25) is 0 Å². The van der Waals surface area contributed by atoms with Crippen LogP contribution in [0.5, 0.6) is 0 Å². The highest BCUT2D eigenvalue weighted by molar-refractivity contribution is 5.91. The second-order valence-electron chi connectivity index (χ2n) is 3.90. The maximum Gasteiger partial charge on any atom is 0.323 e. The smallest absolute Gasteiger partial charge is 0.323 e. The average molecular weight is 246 g/mol. The van der Waals surface area contributed by atoms with E-state index in [-0.39, 0.29) is 11.6 Å². The van der Waals surface area contributed by atoms with Crippen LogP contribution < -0.4 is 16.7 Å². The van der Waals surface area contributed by atoms with Crippen LogP contribution in [0.4, 0.5) is 5.69 Å². The first-order chi connectivity index (χ1) is 8.65. The summed E-state index contributed by atoms with van der Waals surface area (Å²) in [6.45, 7) is 0.496. The SMILES string of the molecule is Nc1ccc(CCNC(=O)c2c[nH]c(=O)[nH]2)cc1. The number of carbonyl (C=O) groups is 1. The monoisotopic (exact) mass is 246 g/mol. The topological polar surface area (TPSA) is 104 Å². The van der Waals surface area contributed by atoms with Gasteiger partial charge < -0.3 is 21.0 Å². The number of anilines is 1. The maximum absolute atomic E-state index is 11.6. The number of nitrogen functional groups attached to an aromatic ring is 1. The highest BCUT2D eigenvalue weighted by atomic mass is 16.2. The average Bonchev–Trinajstić information content (AvgIpc) is 2.78. The molecule has 2 rings (SSSR count). The summed E-state index contributed by atoms with van der Waals surface area (Å²) in [6.07, 6.45) is 2.06. The van der Waals surface area contributed by atoms with Gasteiger partial charge in [0.15, 0.2) is 0 Å². The summed E-state index contributed by atoms with van der Waals surface area (Å²) in [5.41, 5.74) is 7.22. The highest BCUT2D eigenvalue weighted by Crippen LogP contribution is 2.05. The molecule has 0 spiro atoms. The number of rotatable bonds is 4. The second-order valence-corrected chi connectivity index (χ2v) is 3.90. The van der Waals surface area contributed by atoms with E-state index in [0.29, 0.717) is 18.7 Å². The standard InChI is InChI=1S/C12H14N4O2/c13-9-3-1-8(2-4-9)5-6-14-11(17)10-7-15-12(18)16-10/h1-4,7H,5-6,13H2,(H,14,17)(H2,15,16,18).